The van der Waals surface area contributed by atoms with E-state index in [0.717, 1.165) is 6.54 Å². The van der Waals surface area contributed by atoms with Crippen molar-refractivity contribution < 1.29 is 0 Å². The van der Waals surface area contributed by atoms with Crippen LogP contribution < -0.4 is 4.90 Å². The fraction of sp³-hybridized carbons (Fsp3) is 0.261. The molecule has 0 amide bonds. The van der Waals surface area contributed by atoms with Crippen molar-refractivity contribution in [1.29, 1.82) is 5.26 Å². The third-order valence-electron chi connectivity index (χ3n) is 5.08. The van der Waals surface area contributed by atoms with Crippen LogP contribution in [0, 0.1) is 11.3 Å². The molecule has 25 heavy (non-hydrogen) atoms. The summed E-state index contributed by atoms with van der Waals surface area (Å²) in [5.74, 6) is 0.248. The second kappa shape index (κ2) is 6.99. The highest BCUT2D eigenvalue weighted by Gasteiger charge is 2.31. The predicted molar refractivity (Wildman–Crippen MR) is 104 cm³/mol. The van der Waals surface area contributed by atoms with Crippen LogP contribution in [-0.4, -0.2) is 12.6 Å². The van der Waals surface area contributed by atoms with E-state index in [1.807, 2.05) is 6.07 Å². The van der Waals surface area contributed by atoms with Gasteiger partial charge in [-0.1, -0.05) is 60.7 Å². The van der Waals surface area contributed by atoms with Crippen molar-refractivity contribution in [3.63, 3.8) is 0 Å². The van der Waals surface area contributed by atoms with Crippen molar-refractivity contribution in [3.05, 3.63) is 78.4 Å². The smallest absolute Gasteiger partial charge is 0.0628 e. The molecular weight excluding hydrogens is 304 g/mol. The lowest BCUT2D eigenvalue weighted by atomic mass is 9.95. The van der Waals surface area contributed by atoms with E-state index in [4.69, 9.17) is 0 Å². The summed E-state index contributed by atoms with van der Waals surface area (Å²) in [6.07, 6.45) is 3.06. The Morgan fingerprint density at radius 3 is 2.36 bits per heavy atom. The van der Waals surface area contributed by atoms with Crippen LogP contribution in [0.5, 0.6) is 0 Å². The Balaban J connectivity index is 1.65. The first kappa shape index (κ1) is 15.7. The molecule has 1 atom stereocenters. The molecule has 4 rings (SSSR count). The number of hydrogen-bond donors (Lipinski definition) is 0. The fourth-order valence-electron chi connectivity index (χ4n) is 3.57. The molecule has 2 nitrogen and oxygen atoms in total. The minimum atomic E-state index is 0.248. The van der Waals surface area contributed by atoms with Crippen LogP contribution in [-0.2, 0) is 0 Å². The summed E-state index contributed by atoms with van der Waals surface area (Å²) in [5.41, 5.74) is 2.54. The molecule has 2 heteroatoms. The summed E-state index contributed by atoms with van der Waals surface area (Å²) in [6.45, 7) is 0.903. The molecule has 0 aromatic heterocycles. The predicted octanol–water partition coefficient (Wildman–Crippen LogP) is 5.51. The zero-order valence-electron chi connectivity index (χ0n) is 14.3. The number of rotatable bonds is 6. The number of hydrogen-bond acceptors (Lipinski definition) is 2. The van der Waals surface area contributed by atoms with Gasteiger partial charge in [0.2, 0.25) is 0 Å². The first-order valence-corrected chi connectivity index (χ1v) is 9.02. The van der Waals surface area contributed by atoms with Crippen LogP contribution in [0.4, 0.5) is 5.69 Å². The molecule has 0 N–H and O–H groups in total. The SMILES string of the molecule is N#CCC(CN(c1ccc2ccccc2c1)C1CC1)c1ccccc1. The average Bonchev–Trinajstić information content (AvgIpc) is 3.50. The second-order valence-electron chi connectivity index (χ2n) is 6.88. The van der Waals surface area contributed by atoms with Crippen molar-refractivity contribution in [2.24, 2.45) is 0 Å². The Labute approximate surface area is 149 Å². The lowest BCUT2D eigenvalue weighted by molar-refractivity contribution is 0.650. The summed E-state index contributed by atoms with van der Waals surface area (Å²) < 4.78 is 0. The largest absolute Gasteiger partial charge is 0.368 e. The molecule has 0 saturated heterocycles. The van der Waals surface area contributed by atoms with E-state index in [-0.39, 0.29) is 5.92 Å². The first-order chi connectivity index (χ1) is 12.3. The molecule has 0 heterocycles. The van der Waals surface area contributed by atoms with Crippen molar-refractivity contribution in [1.82, 2.24) is 0 Å². The van der Waals surface area contributed by atoms with Gasteiger partial charge in [0.15, 0.2) is 0 Å². The molecule has 1 fully saturated rings. The molecule has 0 spiro atoms. The van der Waals surface area contributed by atoms with Gasteiger partial charge in [-0.3, -0.25) is 0 Å². The molecule has 1 aliphatic rings. The molecule has 1 unspecified atom stereocenters. The molecule has 124 valence electrons. The Bertz CT molecular complexity index is 891. The monoisotopic (exact) mass is 326 g/mol. The van der Waals surface area contributed by atoms with Crippen LogP contribution >= 0.6 is 0 Å². The maximum Gasteiger partial charge on any atom is 0.0628 e. The standard InChI is InChI=1S/C23H22N2/c24-15-14-21(18-6-2-1-3-7-18)17-25(22-12-13-22)23-11-10-19-8-4-5-9-20(19)16-23/h1-11,16,21-22H,12-14,17H2. The molecule has 0 radical (unpaired) electrons. The normalized spacial score (nSPS) is 14.8. The summed E-state index contributed by atoms with van der Waals surface area (Å²) >= 11 is 0. The van der Waals surface area contributed by atoms with Gasteiger partial charge in [0.25, 0.3) is 0 Å². The summed E-state index contributed by atoms with van der Waals surface area (Å²) in [7, 11) is 0. The van der Waals surface area contributed by atoms with E-state index < -0.39 is 0 Å². The maximum atomic E-state index is 9.31. The first-order valence-electron chi connectivity index (χ1n) is 9.02. The van der Waals surface area contributed by atoms with Gasteiger partial charge in [-0.2, -0.15) is 5.26 Å². The number of fused-ring (bicyclic) bond motifs is 1. The third-order valence-corrected chi connectivity index (χ3v) is 5.08. The Morgan fingerprint density at radius 1 is 0.920 bits per heavy atom. The highest BCUT2D eigenvalue weighted by molar-refractivity contribution is 5.86. The summed E-state index contributed by atoms with van der Waals surface area (Å²) in [4.78, 5) is 2.52. The molecule has 0 aliphatic heterocycles. The van der Waals surface area contributed by atoms with Crippen molar-refractivity contribution in [2.75, 3.05) is 11.4 Å². The third kappa shape index (κ3) is 3.51. The molecule has 1 saturated carbocycles. The van der Waals surface area contributed by atoms with Crippen molar-refractivity contribution in [3.8, 4) is 6.07 Å². The van der Waals surface area contributed by atoms with E-state index in [1.165, 1.54) is 34.9 Å². The van der Waals surface area contributed by atoms with Crippen molar-refractivity contribution in [2.45, 2.75) is 31.2 Å². The number of benzene rings is 3. The Morgan fingerprint density at radius 2 is 1.64 bits per heavy atom. The maximum absolute atomic E-state index is 9.31. The van der Waals surface area contributed by atoms with Crippen LogP contribution in [0.2, 0.25) is 0 Å². The van der Waals surface area contributed by atoms with Gasteiger partial charge in [0.05, 0.1) is 6.07 Å². The fourth-order valence-corrected chi connectivity index (χ4v) is 3.57. The Kier molecular flexibility index (Phi) is 4.39. The zero-order valence-corrected chi connectivity index (χ0v) is 14.3. The van der Waals surface area contributed by atoms with Crippen LogP contribution in [0.1, 0.15) is 30.7 Å². The minimum Gasteiger partial charge on any atom is -0.368 e. The van der Waals surface area contributed by atoms with Gasteiger partial charge >= 0.3 is 0 Å². The van der Waals surface area contributed by atoms with Gasteiger partial charge in [-0.05, 0) is 41.3 Å². The second-order valence-corrected chi connectivity index (χ2v) is 6.88. The molecule has 1 aliphatic carbocycles. The van der Waals surface area contributed by atoms with E-state index in [1.54, 1.807) is 0 Å². The highest BCUT2D eigenvalue weighted by Crippen LogP contribution is 2.35. The highest BCUT2D eigenvalue weighted by atomic mass is 15.2. The minimum absolute atomic E-state index is 0.248. The van der Waals surface area contributed by atoms with E-state index in [2.05, 4.69) is 77.7 Å². The van der Waals surface area contributed by atoms with Crippen LogP contribution in [0.25, 0.3) is 10.8 Å². The number of nitriles is 1. The number of nitrogens with zero attached hydrogens (tertiary/aromatic N) is 2. The van der Waals surface area contributed by atoms with E-state index >= 15 is 0 Å². The van der Waals surface area contributed by atoms with Gasteiger partial charge in [0.1, 0.15) is 0 Å². The van der Waals surface area contributed by atoms with Gasteiger partial charge in [-0.25, -0.2) is 0 Å². The lowest BCUT2D eigenvalue weighted by Crippen LogP contribution is -2.30. The van der Waals surface area contributed by atoms with Crippen LogP contribution in [0.15, 0.2) is 72.8 Å². The van der Waals surface area contributed by atoms with E-state index in [9.17, 15) is 5.26 Å². The van der Waals surface area contributed by atoms with Crippen LogP contribution in [0.3, 0.4) is 0 Å². The van der Waals surface area contributed by atoms with Gasteiger partial charge < -0.3 is 4.90 Å². The van der Waals surface area contributed by atoms with E-state index in [0.29, 0.717) is 12.5 Å². The lowest BCUT2D eigenvalue weighted by Gasteiger charge is -2.29. The van der Waals surface area contributed by atoms with Gasteiger partial charge in [-0.15, -0.1) is 0 Å². The molecule has 3 aromatic carbocycles. The van der Waals surface area contributed by atoms with Gasteiger partial charge in [0, 0.05) is 30.6 Å². The summed E-state index contributed by atoms with van der Waals surface area (Å²) in [5, 5.41) is 11.9. The molecule has 0 bridgehead atoms. The quantitative estimate of drug-likeness (QED) is 0.597. The summed E-state index contributed by atoms with van der Waals surface area (Å²) in [6, 6.07) is 28.7. The Hall–Kier alpha value is -2.79. The molecular formula is C23H22N2. The molecule has 3 aromatic rings. The topological polar surface area (TPSA) is 27.0 Å². The van der Waals surface area contributed by atoms with Crippen molar-refractivity contribution >= 4 is 16.5 Å². The number of anilines is 1. The zero-order chi connectivity index (χ0) is 17.1. The average molecular weight is 326 g/mol.